The summed E-state index contributed by atoms with van der Waals surface area (Å²) in [6.45, 7) is 3.34. The van der Waals surface area contributed by atoms with Gasteiger partial charge in [-0.3, -0.25) is 14.6 Å². The molecule has 124 valence electrons. The third-order valence-corrected chi connectivity index (χ3v) is 4.90. The molecule has 0 aromatic carbocycles. The van der Waals surface area contributed by atoms with Crippen molar-refractivity contribution in [2.45, 2.75) is 31.8 Å². The Morgan fingerprint density at radius 1 is 1.26 bits per heavy atom. The molecule has 1 fully saturated rings. The molecule has 5 nitrogen and oxygen atoms in total. The average molecular weight is 355 g/mol. The van der Waals surface area contributed by atoms with Crippen LogP contribution in [0.4, 0.5) is 0 Å². The summed E-state index contributed by atoms with van der Waals surface area (Å²) in [6.07, 6.45) is 7.46. The van der Waals surface area contributed by atoms with Crippen LogP contribution >= 0.6 is 23.2 Å². The fraction of sp³-hybridized carbons (Fsp3) is 0.500. The Morgan fingerprint density at radius 2 is 2.04 bits per heavy atom. The number of rotatable bonds is 5. The first-order valence-electron chi connectivity index (χ1n) is 7.82. The Bertz CT molecular complexity index is 641. The van der Waals surface area contributed by atoms with Crippen molar-refractivity contribution < 1.29 is 5.11 Å². The molecule has 0 saturated carbocycles. The number of aromatic nitrogens is 3. The molecule has 0 unspecified atom stereocenters. The van der Waals surface area contributed by atoms with E-state index in [2.05, 4.69) is 21.0 Å². The lowest BCUT2D eigenvalue weighted by molar-refractivity contribution is 0.197. The summed E-state index contributed by atoms with van der Waals surface area (Å²) >= 11 is 12.5. The number of hydrogen-bond acceptors (Lipinski definition) is 4. The number of nitrogens with zero attached hydrogens (tertiary/aromatic N) is 4. The van der Waals surface area contributed by atoms with Crippen molar-refractivity contribution in [1.29, 1.82) is 0 Å². The van der Waals surface area contributed by atoms with E-state index in [1.807, 2.05) is 6.20 Å². The number of aliphatic hydroxyl groups excluding tert-OH is 1. The molecule has 3 heterocycles. The molecule has 0 amide bonds. The van der Waals surface area contributed by atoms with Crippen LogP contribution in [0.1, 0.15) is 30.0 Å². The van der Waals surface area contributed by atoms with Gasteiger partial charge in [0.15, 0.2) is 0 Å². The number of piperidine rings is 1. The van der Waals surface area contributed by atoms with Gasteiger partial charge in [-0.1, -0.05) is 23.2 Å². The first kappa shape index (κ1) is 16.7. The van der Waals surface area contributed by atoms with Crippen molar-refractivity contribution in [1.82, 2.24) is 19.7 Å². The number of hydrogen-bond donors (Lipinski definition) is 1. The van der Waals surface area contributed by atoms with E-state index >= 15 is 0 Å². The minimum Gasteiger partial charge on any atom is -0.394 e. The van der Waals surface area contributed by atoms with Crippen molar-refractivity contribution in [3.63, 3.8) is 0 Å². The molecular weight excluding hydrogens is 335 g/mol. The maximum Gasteiger partial charge on any atom is 0.0668 e. The van der Waals surface area contributed by atoms with Gasteiger partial charge < -0.3 is 5.11 Å². The van der Waals surface area contributed by atoms with E-state index in [1.165, 1.54) is 0 Å². The Balaban J connectivity index is 1.68. The van der Waals surface area contributed by atoms with Crippen molar-refractivity contribution in [2.75, 3.05) is 19.7 Å². The van der Waals surface area contributed by atoms with E-state index < -0.39 is 0 Å². The van der Waals surface area contributed by atoms with Gasteiger partial charge in [0.25, 0.3) is 0 Å². The van der Waals surface area contributed by atoms with Gasteiger partial charge in [-0.15, -0.1) is 0 Å². The largest absolute Gasteiger partial charge is 0.394 e. The molecule has 1 atom stereocenters. The summed E-state index contributed by atoms with van der Waals surface area (Å²) in [5.74, 6) is 0.406. The first-order valence-corrected chi connectivity index (χ1v) is 8.57. The molecule has 1 saturated heterocycles. The van der Waals surface area contributed by atoms with E-state index in [9.17, 15) is 0 Å². The lowest BCUT2D eigenvalue weighted by Crippen LogP contribution is -2.34. The Labute approximate surface area is 145 Å². The van der Waals surface area contributed by atoms with Gasteiger partial charge >= 0.3 is 0 Å². The Kier molecular flexibility index (Phi) is 5.54. The highest BCUT2D eigenvalue weighted by Gasteiger charge is 2.24. The zero-order chi connectivity index (χ0) is 16.2. The molecule has 1 N–H and O–H groups in total. The van der Waals surface area contributed by atoms with Crippen molar-refractivity contribution in [3.8, 4) is 0 Å². The zero-order valence-electron chi connectivity index (χ0n) is 12.8. The minimum absolute atomic E-state index is 0.108. The molecule has 1 aliphatic rings. The normalized spacial score (nSPS) is 19.2. The molecule has 2 aromatic rings. The van der Waals surface area contributed by atoms with Crippen molar-refractivity contribution in [2.24, 2.45) is 0 Å². The van der Waals surface area contributed by atoms with Crippen LogP contribution in [-0.4, -0.2) is 44.5 Å². The summed E-state index contributed by atoms with van der Waals surface area (Å²) in [5.41, 5.74) is 2.03. The molecule has 0 aliphatic carbocycles. The standard InChI is InChI=1S/C16H20Cl2N4O/c17-14-8-19-9-15(18)13(14)11-21-4-1-2-12(10-21)16-3-5-22(20-16)6-7-23/h3,5,8-9,12,23H,1-2,4,6-7,10-11H2/t12-/m1/s1. The highest BCUT2D eigenvalue weighted by atomic mass is 35.5. The molecule has 0 bridgehead atoms. The van der Waals surface area contributed by atoms with E-state index in [0.717, 1.165) is 43.7 Å². The lowest BCUT2D eigenvalue weighted by atomic mass is 9.94. The average Bonchev–Trinajstić information content (AvgIpc) is 3.01. The fourth-order valence-electron chi connectivity index (χ4n) is 3.08. The van der Waals surface area contributed by atoms with Crippen molar-refractivity contribution in [3.05, 3.63) is 46.0 Å². The molecule has 23 heavy (non-hydrogen) atoms. The van der Waals surface area contributed by atoms with Gasteiger partial charge in [-0.05, 0) is 25.5 Å². The molecule has 0 spiro atoms. The van der Waals surface area contributed by atoms with Gasteiger partial charge in [-0.2, -0.15) is 5.10 Å². The predicted molar refractivity (Wildman–Crippen MR) is 90.8 cm³/mol. The topological polar surface area (TPSA) is 54.2 Å². The monoisotopic (exact) mass is 354 g/mol. The molecule has 3 rings (SSSR count). The van der Waals surface area contributed by atoms with Gasteiger partial charge in [0.1, 0.15) is 0 Å². The number of likely N-dealkylation sites (tertiary alicyclic amines) is 1. The summed E-state index contributed by atoms with van der Waals surface area (Å²) in [7, 11) is 0. The quantitative estimate of drug-likeness (QED) is 0.896. The van der Waals surface area contributed by atoms with Gasteiger partial charge in [0, 0.05) is 43.2 Å². The van der Waals surface area contributed by atoms with Gasteiger partial charge in [0.2, 0.25) is 0 Å². The van der Waals surface area contributed by atoms with Crippen LogP contribution in [0.3, 0.4) is 0 Å². The maximum atomic E-state index is 9.00. The smallest absolute Gasteiger partial charge is 0.0668 e. The van der Waals surface area contributed by atoms with Gasteiger partial charge in [0.05, 0.1) is 28.9 Å². The van der Waals surface area contributed by atoms with Crippen LogP contribution in [0.2, 0.25) is 10.0 Å². The highest BCUT2D eigenvalue weighted by Crippen LogP contribution is 2.29. The number of halogens is 2. The molecule has 0 radical (unpaired) electrons. The predicted octanol–water partition coefficient (Wildman–Crippen LogP) is 2.96. The van der Waals surface area contributed by atoms with E-state index in [1.54, 1.807) is 17.1 Å². The second-order valence-electron chi connectivity index (χ2n) is 5.88. The van der Waals surface area contributed by atoms with Crippen LogP contribution in [0.25, 0.3) is 0 Å². The molecular formula is C16H20Cl2N4O. The van der Waals surface area contributed by atoms with Crippen LogP contribution in [0.5, 0.6) is 0 Å². The molecule has 1 aliphatic heterocycles. The first-order chi connectivity index (χ1) is 11.2. The van der Waals surface area contributed by atoms with Crippen LogP contribution in [-0.2, 0) is 13.1 Å². The van der Waals surface area contributed by atoms with Crippen LogP contribution in [0.15, 0.2) is 24.7 Å². The molecule has 7 heteroatoms. The second kappa shape index (κ2) is 7.62. The van der Waals surface area contributed by atoms with Crippen LogP contribution < -0.4 is 0 Å². The maximum absolute atomic E-state index is 9.00. The fourth-order valence-corrected chi connectivity index (χ4v) is 3.56. The van der Waals surface area contributed by atoms with Crippen LogP contribution in [0, 0.1) is 0 Å². The van der Waals surface area contributed by atoms with Gasteiger partial charge in [-0.25, -0.2) is 0 Å². The zero-order valence-corrected chi connectivity index (χ0v) is 14.3. The van der Waals surface area contributed by atoms with E-state index in [-0.39, 0.29) is 6.61 Å². The van der Waals surface area contributed by atoms with E-state index in [0.29, 0.717) is 22.5 Å². The number of pyridine rings is 1. The number of aliphatic hydroxyl groups is 1. The third kappa shape index (κ3) is 4.04. The highest BCUT2D eigenvalue weighted by molar-refractivity contribution is 6.35. The second-order valence-corrected chi connectivity index (χ2v) is 6.70. The Morgan fingerprint density at radius 3 is 2.78 bits per heavy atom. The summed E-state index contributed by atoms with van der Waals surface area (Å²) in [5, 5.41) is 14.8. The lowest BCUT2D eigenvalue weighted by Gasteiger charge is -2.32. The summed E-state index contributed by atoms with van der Waals surface area (Å²) in [4.78, 5) is 6.37. The summed E-state index contributed by atoms with van der Waals surface area (Å²) in [6, 6.07) is 2.05. The SMILES string of the molecule is OCCn1ccc([C@@H]2CCCN(Cc3c(Cl)cncc3Cl)C2)n1. The summed E-state index contributed by atoms with van der Waals surface area (Å²) < 4.78 is 1.80. The molecule has 2 aromatic heterocycles. The Hall–Kier alpha value is -1.14. The van der Waals surface area contributed by atoms with E-state index in [4.69, 9.17) is 28.3 Å². The third-order valence-electron chi connectivity index (χ3n) is 4.25. The minimum atomic E-state index is 0.108. The van der Waals surface area contributed by atoms with Crippen molar-refractivity contribution >= 4 is 23.2 Å².